The minimum Gasteiger partial charge on any atom is -0.468 e. The highest BCUT2D eigenvalue weighted by Gasteiger charge is 2.69. The number of methoxy groups -OCH3 is 1. The normalized spacial score (nSPS) is 23.4. The predicted octanol–water partition coefficient (Wildman–Crippen LogP) is 4.48. The lowest BCUT2D eigenvalue weighted by molar-refractivity contribution is -0.143. The summed E-state index contributed by atoms with van der Waals surface area (Å²) >= 11 is 3.44. The number of ether oxygens (including phenoxy) is 1. The Morgan fingerprint density at radius 1 is 0.844 bits per heavy atom. The van der Waals surface area contributed by atoms with Crippen LogP contribution in [0.15, 0.2) is 83.3 Å². The summed E-state index contributed by atoms with van der Waals surface area (Å²) in [6.45, 7) is 0. The van der Waals surface area contributed by atoms with Gasteiger partial charge < -0.3 is 4.74 Å². The van der Waals surface area contributed by atoms with Crippen LogP contribution < -0.4 is 5.32 Å². The van der Waals surface area contributed by atoms with Gasteiger partial charge >= 0.3 is 5.97 Å². The van der Waals surface area contributed by atoms with Crippen molar-refractivity contribution < 1.29 is 19.1 Å². The van der Waals surface area contributed by atoms with E-state index in [1.807, 2.05) is 54.6 Å². The van der Waals surface area contributed by atoms with E-state index in [-0.39, 0.29) is 11.6 Å². The molecular formula is C26H20BrNO4. The highest BCUT2D eigenvalue weighted by Crippen LogP contribution is 2.59. The minimum absolute atomic E-state index is 0.265. The molecule has 5 rings (SSSR count). The number of carbonyl (C=O) groups excluding carboxylic acids is 3. The second kappa shape index (κ2) is 7.80. The maximum absolute atomic E-state index is 14.1. The molecule has 0 bridgehead atoms. The Morgan fingerprint density at radius 2 is 1.41 bits per heavy atom. The van der Waals surface area contributed by atoms with Crippen molar-refractivity contribution in [2.24, 2.45) is 5.41 Å². The monoisotopic (exact) mass is 489 g/mol. The van der Waals surface area contributed by atoms with E-state index in [4.69, 9.17) is 4.74 Å². The van der Waals surface area contributed by atoms with Crippen molar-refractivity contribution in [1.82, 2.24) is 5.32 Å². The molecule has 6 heteroatoms. The first-order valence-electron chi connectivity index (χ1n) is 10.3. The van der Waals surface area contributed by atoms with Crippen LogP contribution in [-0.2, 0) is 9.53 Å². The van der Waals surface area contributed by atoms with Gasteiger partial charge in [-0.2, -0.15) is 0 Å². The summed E-state index contributed by atoms with van der Waals surface area (Å²) in [6, 6.07) is 22.1. The Labute approximate surface area is 193 Å². The van der Waals surface area contributed by atoms with E-state index in [1.165, 1.54) is 7.11 Å². The van der Waals surface area contributed by atoms with Crippen molar-refractivity contribution in [2.45, 2.75) is 18.0 Å². The number of halogens is 1. The van der Waals surface area contributed by atoms with Crippen molar-refractivity contribution >= 4 is 33.5 Å². The van der Waals surface area contributed by atoms with Crippen molar-refractivity contribution in [3.8, 4) is 0 Å². The zero-order valence-corrected chi connectivity index (χ0v) is 18.8. The molecule has 0 radical (unpaired) electrons. The van der Waals surface area contributed by atoms with Gasteiger partial charge in [0.15, 0.2) is 11.6 Å². The number of rotatable bonds is 3. The van der Waals surface area contributed by atoms with E-state index >= 15 is 0 Å². The molecule has 1 saturated heterocycles. The maximum atomic E-state index is 14.1. The number of nitrogens with one attached hydrogen (secondary N) is 1. The van der Waals surface area contributed by atoms with Gasteiger partial charge in [0.1, 0.15) is 11.5 Å². The molecule has 1 aliphatic carbocycles. The zero-order valence-electron chi connectivity index (χ0n) is 17.2. The second-order valence-electron chi connectivity index (χ2n) is 8.11. The molecule has 0 aromatic heterocycles. The number of benzene rings is 3. The summed E-state index contributed by atoms with van der Waals surface area (Å²) in [5.41, 5.74) is 0.790. The molecule has 3 atom stereocenters. The van der Waals surface area contributed by atoms with Gasteiger partial charge in [-0.1, -0.05) is 82.7 Å². The third-order valence-corrected chi connectivity index (χ3v) is 7.14. The summed E-state index contributed by atoms with van der Waals surface area (Å²) < 4.78 is 5.97. The van der Waals surface area contributed by atoms with Gasteiger partial charge in [0.05, 0.1) is 13.2 Å². The standard InChI is InChI=1S/C26H20BrNO4/c1-32-25(31)21-20(15-11-13-17(27)14-12-15)26(22(28-21)16-7-3-2-4-8-16)23(29)18-9-5-6-10-19(18)24(26)30/h2-14,20-22,28H,1H3/t20-,21+,22-/m0/s1. The maximum Gasteiger partial charge on any atom is 0.323 e. The molecule has 0 amide bonds. The molecule has 1 aliphatic heterocycles. The van der Waals surface area contributed by atoms with Crippen LogP contribution in [0.3, 0.4) is 0 Å². The topological polar surface area (TPSA) is 72.5 Å². The van der Waals surface area contributed by atoms with E-state index in [1.54, 1.807) is 24.3 Å². The van der Waals surface area contributed by atoms with Gasteiger partial charge in [-0.05, 0) is 23.3 Å². The Bertz CT molecular complexity index is 1190. The number of esters is 1. The molecule has 160 valence electrons. The third kappa shape index (κ3) is 2.83. The van der Waals surface area contributed by atoms with Gasteiger partial charge in [-0.25, -0.2) is 0 Å². The summed E-state index contributed by atoms with van der Waals surface area (Å²) in [6.07, 6.45) is 0. The zero-order chi connectivity index (χ0) is 22.5. The van der Waals surface area contributed by atoms with Crippen LogP contribution in [0.25, 0.3) is 0 Å². The van der Waals surface area contributed by atoms with Gasteiger partial charge in [0, 0.05) is 21.5 Å². The van der Waals surface area contributed by atoms with Gasteiger partial charge in [-0.15, -0.1) is 0 Å². The lowest BCUT2D eigenvalue weighted by atomic mass is 9.64. The summed E-state index contributed by atoms with van der Waals surface area (Å²) in [4.78, 5) is 41.2. The molecule has 0 saturated carbocycles. The highest BCUT2D eigenvalue weighted by atomic mass is 79.9. The predicted molar refractivity (Wildman–Crippen MR) is 123 cm³/mol. The fourth-order valence-corrected chi connectivity index (χ4v) is 5.55. The minimum atomic E-state index is -1.50. The van der Waals surface area contributed by atoms with Gasteiger partial charge in [0.2, 0.25) is 0 Å². The van der Waals surface area contributed by atoms with Crippen LogP contribution in [0.4, 0.5) is 0 Å². The number of Topliss-reactive ketones (excluding diaryl/α,β-unsaturated/α-hetero) is 2. The van der Waals surface area contributed by atoms with Gasteiger partial charge in [0.25, 0.3) is 0 Å². The lowest BCUT2D eigenvalue weighted by Crippen LogP contribution is -2.43. The molecular weight excluding hydrogens is 470 g/mol. The van der Waals surface area contributed by atoms with Crippen LogP contribution in [0.2, 0.25) is 0 Å². The Balaban J connectivity index is 1.81. The van der Waals surface area contributed by atoms with E-state index in [9.17, 15) is 14.4 Å². The molecule has 1 spiro atoms. The number of fused-ring (bicyclic) bond motifs is 1. The molecule has 1 N–H and O–H groups in total. The summed E-state index contributed by atoms with van der Waals surface area (Å²) in [5, 5.41) is 3.32. The number of hydrogen-bond acceptors (Lipinski definition) is 5. The van der Waals surface area contributed by atoms with E-state index in [2.05, 4.69) is 21.2 Å². The van der Waals surface area contributed by atoms with Crippen LogP contribution in [0.5, 0.6) is 0 Å². The first-order chi connectivity index (χ1) is 15.5. The average molecular weight is 490 g/mol. The number of carbonyl (C=O) groups is 3. The third-order valence-electron chi connectivity index (χ3n) is 6.61. The Kier molecular flexibility index (Phi) is 5.07. The SMILES string of the molecule is COC(=O)[C@@H]1N[C@@H](c2ccccc2)C2(C(=O)c3ccccc3C2=O)[C@H]1c1ccc(Br)cc1. The van der Waals surface area contributed by atoms with Crippen LogP contribution in [0.1, 0.15) is 43.8 Å². The molecule has 3 aromatic rings. The Hall–Kier alpha value is -3.09. The molecule has 5 nitrogen and oxygen atoms in total. The molecule has 2 aliphatic rings. The van der Waals surface area contributed by atoms with Crippen molar-refractivity contribution in [1.29, 1.82) is 0 Å². The second-order valence-corrected chi connectivity index (χ2v) is 9.03. The number of ketones is 2. The first-order valence-corrected chi connectivity index (χ1v) is 11.1. The quantitative estimate of drug-likeness (QED) is 0.433. The first kappa shape index (κ1) is 20.8. The van der Waals surface area contributed by atoms with Gasteiger partial charge in [-0.3, -0.25) is 19.7 Å². The van der Waals surface area contributed by atoms with Crippen molar-refractivity contribution in [3.05, 3.63) is 106 Å². The summed E-state index contributed by atoms with van der Waals surface area (Å²) in [7, 11) is 1.32. The lowest BCUT2D eigenvalue weighted by Gasteiger charge is -2.33. The smallest absolute Gasteiger partial charge is 0.323 e. The highest BCUT2D eigenvalue weighted by molar-refractivity contribution is 9.10. The average Bonchev–Trinajstić information content (AvgIpc) is 3.30. The number of hydrogen-bond donors (Lipinski definition) is 1. The summed E-state index contributed by atoms with van der Waals surface area (Å²) in [5.74, 6) is -1.77. The van der Waals surface area contributed by atoms with E-state index in [0.717, 1.165) is 15.6 Å². The molecule has 3 aromatic carbocycles. The molecule has 1 heterocycles. The van der Waals surface area contributed by atoms with Crippen LogP contribution in [-0.4, -0.2) is 30.7 Å². The molecule has 0 unspecified atom stereocenters. The fourth-order valence-electron chi connectivity index (χ4n) is 5.28. The van der Waals surface area contributed by atoms with Crippen LogP contribution >= 0.6 is 15.9 Å². The largest absolute Gasteiger partial charge is 0.468 e. The van der Waals surface area contributed by atoms with Crippen molar-refractivity contribution in [2.75, 3.05) is 7.11 Å². The fraction of sp³-hybridized carbons (Fsp3) is 0.192. The molecule has 1 fully saturated rings. The molecule has 32 heavy (non-hydrogen) atoms. The Morgan fingerprint density at radius 3 is 1.97 bits per heavy atom. The van der Waals surface area contributed by atoms with E-state index < -0.39 is 29.4 Å². The van der Waals surface area contributed by atoms with E-state index in [0.29, 0.717) is 11.1 Å². The van der Waals surface area contributed by atoms with Crippen LogP contribution in [0, 0.1) is 5.41 Å². The van der Waals surface area contributed by atoms with Crippen molar-refractivity contribution in [3.63, 3.8) is 0 Å².